The van der Waals surface area contributed by atoms with Gasteiger partial charge in [-0.05, 0) is 48.4 Å². The van der Waals surface area contributed by atoms with Gasteiger partial charge in [0.1, 0.15) is 18.5 Å². The molecule has 2 atom stereocenters. The minimum absolute atomic E-state index is 0.0392. The Hall–Kier alpha value is -3.66. The molecule has 0 saturated heterocycles. The number of ether oxygens (including phenoxy) is 4. The summed E-state index contributed by atoms with van der Waals surface area (Å²) in [6.07, 6.45) is 7.54. The molecule has 188 valence electrons. The Balaban J connectivity index is 1.04. The molecule has 1 amide bonds. The lowest BCUT2D eigenvalue weighted by molar-refractivity contribution is 0.0893. The number of hydrogen-bond acceptors (Lipinski definition) is 8. The standard InChI is InChI=1S/C26H29N5O5/c1-33-26-27-11-19(12-28-26)17-4-5-23-18(8-17)9-20(15-35-23)29-25(32)22-10-24-31(30-22)13-21(36-24)6-7-34-14-16-2-3-16/h4-5,8,10-12,16,20-21H,2-3,6-7,9,13-15H2,1H3,(H,29,32)/t20-,21+/m1/s1. The van der Waals surface area contributed by atoms with Gasteiger partial charge in [0.2, 0.25) is 5.88 Å². The summed E-state index contributed by atoms with van der Waals surface area (Å²) in [6, 6.07) is 7.83. The van der Waals surface area contributed by atoms with Crippen LogP contribution in [0.2, 0.25) is 0 Å². The van der Waals surface area contributed by atoms with Gasteiger partial charge in [-0.2, -0.15) is 5.10 Å². The van der Waals surface area contributed by atoms with Crippen LogP contribution < -0.4 is 19.5 Å². The average molecular weight is 492 g/mol. The lowest BCUT2D eigenvalue weighted by Gasteiger charge is -2.26. The van der Waals surface area contributed by atoms with Gasteiger partial charge < -0.3 is 24.3 Å². The lowest BCUT2D eigenvalue weighted by Crippen LogP contribution is -2.43. The minimum atomic E-state index is -0.235. The van der Waals surface area contributed by atoms with Crippen molar-refractivity contribution in [2.24, 2.45) is 5.92 Å². The second-order valence-corrected chi connectivity index (χ2v) is 9.56. The zero-order valence-corrected chi connectivity index (χ0v) is 20.2. The van der Waals surface area contributed by atoms with Crippen LogP contribution in [0.3, 0.4) is 0 Å². The predicted molar refractivity (Wildman–Crippen MR) is 129 cm³/mol. The highest BCUT2D eigenvalue weighted by molar-refractivity contribution is 5.92. The number of hydrogen-bond donors (Lipinski definition) is 1. The van der Waals surface area contributed by atoms with Crippen LogP contribution >= 0.6 is 0 Å². The van der Waals surface area contributed by atoms with E-state index in [1.54, 1.807) is 23.1 Å². The molecule has 1 N–H and O–H groups in total. The number of benzene rings is 1. The van der Waals surface area contributed by atoms with Gasteiger partial charge in [0.25, 0.3) is 5.91 Å². The number of amides is 1. The van der Waals surface area contributed by atoms with E-state index in [9.17, 15) is 4.79 Å². The summed E-state index contributed by atoms with van der Waals surface area (Å²) in [5.41, 5.74) is 3.22. The van der Waals surface area contributed by atoms with Crippen molar-refractivity contribution in [3.8, 4) is 28.8 Å². The van der Waals surface area contributed by atoms with Crippen LogP contribution in [0.5, 0.6) is 17.6 Å². The smallest absolute Gasteiger partial charge is 0.316 e. The van der Waals surface area contributed by atoms with Crippen LogP contribution in [-0.2, 0) is 17.7 Å². The number of methoxy groups -OCH3 is 1. The summed E-state index contributed by atoms with van der Waals surface area (Å²) in [5, 5.41) is 7.51. The highest BCUT2D eigenvalue weighted by Crippen LogP contribution is 2.31. The molecular weight excluding hydrogens is 462 g/mol. The number of nitrogens with one attached hydrogen (secondary N) is 1. The fraction of sp³-hybridized carbons (Fsp3) is 0.462. The van der Waals surface area contributed by atoms with E-state index in [2.05, 4.69) is 20.4 Å². The van der Waals surface area contributed by atoms with Gasteiger partial charge in [0.05, 0.1) is 26.3 Å². The molecule has 10 heteroatoms. The van der Waals surface area contributed by atoms with Crippen LogP contribution in [0.4, 0.5) is 0 Å². The fourth-order valence-electron chi connectivity index (χ4n) is 4.53. The summed E-state index contributed by atoms with van der Waals surface area (Å²) in [5.74, 6) is 1.98. The first kappa shape index (κ1) is 22.8. The summed E-state index contributed by atoms with van der Waals surface area (Å²) < 4.78 is 24.4. The van der Waals surface area contributed by atoms with Crippen molar-refractivity contribution >= 4 is 5.91 Å². The Kier molecular flexibility index (Phi) is 6.18. The second kappa shape index (κ2) is 9.77. The summed E-state index contributed by atoms with van der Waals surface area (Å²) in [7, 11) is 1.54. The Morgan fingerprint density at radius 1 is 1.19 bits per heavy atom. The normalized spacial score (nSPS) is 20.1. The maximum absolute atomic E-state index is 12.9. The van der Waals surface area contributed by atoms with E-state index in [1.165, 1.54) is 20.0 Å². The van der Waals surface area contributed by atoms with Gasteiger partial charge in [-0.3, -0.25) is 4.79 Å². The molecule has 36 heavy (non-hydrogen) atoms. The topological polar surface area (TPSA) is 110 Å². The van der Waals surface area contributed by atoms with Gasteiger partial charge in [-0.15, -0.1) is 0 Å². The Bertz CT molecular complexity index is 1220. The Labute approximate surface area is 208 Å². The largest absolute Gasteiger partial charge is 0.491 e. The molecule has 0 unspecified atom stereocenters. The molecular formula is C26H29N5O5. The first-order valence-corrected chi connectivity index (χ1v) is 12.4. The van der Waals surface area contributed by atoms with E-state index in [4.69, 9.17) is 18.9 Å². The van der Waals surface area contributed by atoms with Crippen LogP contribution in [0.25, 0.3) is 11.1 Å². The monoisotopic (exact) mass is 491 g/mol. The maximum Gasteiger partial charge on any atom is 0.316 e. The van der Waals surface area contributed by atoms with E-state index >= 15 is 0 Å². The molecule has 0 radical (unpaired) electrons. The number of carbonyl (C=O) groups excluding carboxylic acids is 1. The van der Waals surface area contributed by atoms with Crippen molar-refractivity contribution in [3.05, 3.63) is 47.9 Å². The molecule has 1 aliphatic carbocycles. The molecule has 1 saturated carbocycles. The van der Waals surface area contributed by atoms with E-state index in [0.29, 0.717) is 43.8 Å². The molecule has 10 nitrogen and oxygen atoms in total. The Morgan fingerprint density at radius 3 is 2.83 bits per heavy atom. The third-order valence-electron chi connectivity index (χ3n) is 6.72. The fourth-order valence-corrected chi connectivity index (χ4v) is 4.53. The number of nitrogens with zero attached hydrogens (tertiary/aromatic N) is 4. The Morgan fingerprint density at radius 2 is 2.06 bits per heavy atom. The summed E-state index contributed by atoms with van der Waals surface area (Å²) in [4.78, 5) is 21.3. The molecule has 2 aliphatic heterocycles. The van der Waals surface area contributed by atoms with Crippen LogP contribution in [-0.4, -0.2) is 64.7 Å². The summed E-state index contributed by atoms with van der Waals surface area (Å²) >= 11 is 0. The third kappa shape index (κ3) is 4.99. The quantitative estimate of drug-likeness (QED) is 0.455. The molecule has 6 rings (SSSR count). The van der Waals surface area contributed by atoms with Gasteiger partial charge in [0, 0.05) is 37.1 Å². The average Bonchev–Trinajstić information content (AvgIpc) is 3.52. The summed E-state index contributed by atoms with van der Waals surface area (Å²) in [6.45, 7) is 2.58. The molecule has 3 aromatic rings. The van der Waals surface area contributed by atoms with Crippen molar-refractivity contribution in [3.63, 3.8) is 0 Å². The molecule has 0 bridgehead atoms. The highest BCUT2D eigenvalue weighted by Gasteiger charge is 2.29. The SMILES string of the molecule is COc1ncc(-c2ccc3c(c2)C[C@@H](NC(=O)c2cc4n(n2)C[C@H](CCOCC2CC2)O4)CO3)cn1. The minimum Gasteiger partial charge on any atom is -0.491 e. The van der Waals surface area contributed by atoms with Gasteiger partial charge in [-0.25, -0.2) is 14.6 Å². The van der Waals surface area contributed by atoms with Crippen LogP contribution in [0.1, 0.15) is 35.3 Å². The first-order valence-electron chi connectivity index (χ1n) is 12.4. The van der Waals surface area contributed by atoms with Crippen LogP contribution in [0.15, 0.2) is 36.7 Å². The number of fused-ring (bicyclic) bond motifs is 2. The van der Waals surface area contributed by atoms with Crippen molar-refractivity contribution < 1.29 is 23.7 Å². The lowest BCUT2D eigenvalue weighted by atomic mass is 9.98. The van der Waals surface area contributed by atoms with Crippen molar-refractivity contribution in [1.82, 2.24) is 25.1 Å². The second-order valence-electron chi connectivity index (χ2n) is 9.56. The predicted octanol–water partition coefficient (Wildman–Crippen LogP) is 2.66. The van der Waals surface area contributed by atoms with E-state index < -0.39 is 0 Å². The van der Waals surface area contributed by atoms with E-state index in [1.807, 2.05) is 18.2 Å². The molecule has 2 aromatic heterocycles. The molecule has 1 aromatic carbocycles. The molecule has 0 spiro atoms. The van der Waals surface area contributed by atoms with Gasteiger partial charge >= 0.3 is 6.01 Å². The van der Waals surface area contributed by atoms with Gasteiger partial charge in [-0.1, -0.05) is 6.07 Å². The van der Waals surface area contributed by atoms with Crippen LogP contribution in [0, 0.1) is 5.92 Å². The highest BCUT2D eigenvalue weighted by atomic mass is 16.5. The molecule has 1 fully saturated rings. The van der Waals surface area contributed by atoms with Gasteiger partial charge in [0.15, 0.2) is 5.69 Å². The number of rotatable bonds is 9. The van der Waals surface area contributed by atoms with Crippen molar-refractivity contribution in [1.29, 1.82) is 0 Å². The maximum atomic E-state index is 12.9. The third-order valence-corrected chi connectivity index (χ3v) is 6.72. The van der Waals surface area contributed by atoms with Crippen molar-refractivity contribution in [2.45, 2.75) is 44.4 Å². The zero-order chi connectivity index (χ0) is 24.5. The van der Waals surface area contributed by atoms with E-state index in [-0.39, 0.29) is 18.1 Å². The number of carbonyl (C=O) groups is 1. The first-order chi connectivity index (χ1) is 17.6. The molecule has 3 aliphatic rings. The van der Waals surface area contributed by atoms with Crippen molar-refractivity contribution in [2.75, 3.05) is 26.9 Å². The van der Waals surface area contributed by atoms with E-state index in [0.717, 1.165) is 41.4 Å². The zero-order valence-electron chi connectivity index (χ0n) is 20.2. The molecule has 4 heterocycles. The number of aromatic nitrogens is 4.